The molecule has 1 N–H and O–H groups in total. The van der Waals surface area contributed by atoms with Gasteiger partial charge < -0.3 is 5.11 Å². The van der Waals surface area contributed by atoms with Crippen LogP contribution in [0.2, 0.25) is 0 Å². The number of carboxylic acid groups (broad SMARTS) is 1. The van der Waals surface area contributed by atoms with Gasteiger partial charge in [-0.3, -0.25) is 0 Å². The summed E-state index contributed by atoms with van der Waals surface area (Å²) in [5, 5.41) is 8.55. The van der Waals surface area contributed by atoms with Crippen molar-refractivity contribution in [2.75, 3.05) is 0 Å². The van der Waals surface area contributed by atoms with Gasteiger partial charge in [-0.05, 0) is 39.9 Å². The van der Waals surface area contributed by atoms with Gasteiger partial charge in [0.25, 0.3) is 0 Å². The van der Waals surface area contributed by atoms with Gasteiger partial charge in [-0.1, -0.05) is 6.07 Å². The molecule has 0 saturated carbocycles. The fraction of sp³-hybridized carbons (Fsp3) is 0. The minimum absolute atomic E-state index is 0.260. The zero-order valence-electron chi connectivity index (χ0n) is 5.45. The summed E-state index contributed by atoms with van der Waals surface area (Å²) in [6, 6.07) is 6.47. The van der Waals surface area contributed by atoms with Crippen LogP contribution in [-0.2, 0) is 0 Å². The lowest BCUT2D eigenvalue weighted by Gasteiger charge is -1.95. The van der Waals surface area contributed by atoms with E-state index in [2.05, 4.69) is 0 Å². The second-order valence-electron chi connectivity index (χ2n) is 1.91. The summed E-state index contributed by atoms with van der Waals surface area (Å²) in [6.07, 6.45) is 0. The molecule has 11 heavy (non-hydrogen) atoms. The lowest BCUT2D eigenvalue weighted by molar-refractivity contribution is 0.0696. The first-order chi connectivity index (χ1) is 5.24. The van der Waals surface area contributed by atoms with Crippen molar-refractivity contribution in [3.05, 3.63) is 29.8 Å². The molecule has 1 aromatic carbocycles. The summed E-state index contributed by atoms with van der Waals surface area (Å²) < 4.78 is 0. The van der Waals surface area contributed by atoms with Crippen LogP contribution in [0, 0.1) is 0 Å². The Bertz CT molecular complexity index is 275. The molecule has 0 heterocycles. The molecule has 4 heteroatoms. The Morgan fingerprint density at radius 1 is 1.55 bits per heavy atom. The standard InChI is InChI=1S/C7H5ClO2S/c8-11-6-3-1-2-5(4-6)7(9)10/h1-4H,(H,9,10). The summed E-state index contributed by atoms with van der Waals surface area (Å²) in [4.78, 5) is 11.2. The highest BCUT2D eigenvalue weighted by Gasteiger charge is 2.01. The molecule has 1 rings (SSSR count). The summed E-state index contributed by atoms with van der Waals surface area (Å²) in [5.41, 5.74) is 0.260. The molecule has 0 aliphatic heterocycles. The molecule has 0 amide bonds. The molecule has 0 aliphatic carbocycles. The second-order valence-corrected chi connectivity index (χ2v) is 3.00. The van der Waals surface area contributed by atoms with Crippen LogP contribution in [-0.4, -0.2) is 11.1 Å². The van der Waals surface area contributed by atoms with Crippen LogP contribution in [0.15, 0.2) is 29.2 Å². The quantitative estimate of drug-likeness (QED) is 0.776. The number of rotatable bonds is 2. The SMILES string of the molecule is O=C(O)c1cccc(SCl)c1. The molecule has 1 aromatic rings. The topological polar surface area (TPSA) is 37.3 Å². The molecule has 0 aliphatic rings. The van der Waals surface area contributed by atoms with E-state index in [0.717, 1.165) is 15.9 Å². The van der Waals surface area contributed by atoms with E-state index in [1.54, 1.807) is 12.1 Å². The predicted octanol–water partition coefficient (Wildman–Crippen LogP) is 2.63. The molecule has 0 spiro atoms. The van der Waals surface area contributed by atoms with Crippen molar-refractivity contribution < 1.29 is 9.90 Å². The summed E-state index contributed by atoms with van der Waals surface area (Å²) in [6.45, 7) is 0. The van der Waals surface area contributed by atoms with E-state index in [9.17, 15) is 4.79 Å². The second kappa shape index (κ2) is 3.64. The average molecular weight is 189 g/mol. The van der Waals surface area contributed by atoms with Gasteiger partial charge in [-0.25, -0.2) is 4.79 Å². The van der Waals surface area contributed by atoms with Crippen molar-refractivity contribution in [1.82, 2.24) is 0 Å². The third-order valence-corrected chi connectivity index (χ3v) is 2.14. The number of carboxylic acids is 1. The van der Waals surface area contributed by atoms with Crippen LogP contribution in [0.25, 0.3) is 0 Å². The minimum atomic E-state index is -0.933. The third kappa shape index (κ3) is 2.13. The molecular weight excluding hydrogens is 184 g/mol. The largest absolute Gasteiger partial charge is 0.478 e. The Labute approximate surface area is 72.7 Å². The lowest BCUT2D eigenvalue weighted by atomic mass is 10.2. The van der Waals surface area contributed by atoms with Gasteiger partial charge in [0.15, 0.2) is 0 Å². The van der Waals surface area contributed by atoms with Gasteiger partial charge in [0.05, 0.1) is 5.56 Å². The smallest absolute Gasteiger partial charge is 0.335 e. The molecule has 0 aromatic heterocycles. The summed E-state index contributed by atoms with van der Waals surface area (Å²) >= 11 is 0. The lowest BCUT2D eigenvalue weighted by Crippen LogP contribution is -1.94. The van der Waals surface area contributed by atoms with Crippen LogP contribution in [0.4, 0.5) is 0 Å². The van der Waals surface area contributed by atoms with Crippen molar-refractivity contribution in [3.63, 3.8) is 0 Å². The van der Waals surface area contributed by atoms with Crippen molar-refractivity contribution in [2.45, 2.75) is 4.90 Å². The van der Waals surface area contributed by atoms with Crippen LogP contribution in [0.3, 0.4) is 0 Å². The average Bonchev–Trinajstić information content (AvgIpc) is 2.05. The van der Waals surface area contributed by atoms with E-state index in [4.69, 9.17) is 15.8 Å². The highest BCUT2D eigenvalue weighted by Crippen LogP contribution is 2.22. The maximum absolute atomic E-state index is 10.4. The van der Waals surface area contributed by atoms with Crippen molar-refractivity contribution >= 4 is 27.6 Å². The Hall–Kier alpha value is -0.670. The summed E-state index contributed by atoms with van der Waals surface area (Å²) in [5.74, 6) is -0.933. The number of aromatic carboxylic acids is 1. The molecule has 58 valence electrons. The fourth-order valence-electron chi connectivity index (χ4n) is 0.677. The number of hydrogen-bond acceptors (Lipinski definition) is 2. The number of benzene rings is 1. The van der Waals surface area contributed by atoms with Crippen LogP contribution >= 0.6 is 21.7 Å². The Morgan fingerprint density at radius 2 is 2.27 bits per heavy atom. The maximum Gasteiger partial charge on any atom is 0.335 e. The minimum Gasteiger partial charge on any atom is -0.478 e. The normalized spacial score (nSPS) is 9.55. The van der Waals surface area contributed by atoms with E-state index in [1.807, 2.05) is 0 Å². The van der Waals surface area contributed by atoms with Crippen LogP contribution in [0.1, 0.15) is 10.4 Å². The van der Waals surface area contributed by atoms with E-state index in [-0.39, 0.29) is 5.56 Å². The Kier molecular flexibility index (Phi) is 2.79. The molecule has 0 unspecified atom stereocenters. The van der Waals surface area contributed by atoms with Crippen molar-refractivity contribution in [2.24, 2.45) is 0 Å². The Morgan fingerprint density at radius 3 is 2.82 bits per heavy atom. The molecular formula is C7H5ClO2S. The number of carbonyl (C=O) groups is 1. The highest BCUT2D eigenvalue weighted by atomic mass is 35.7. The first-order valence-corrected chi connectivity index (χ1v) is 4.50. The zero-order chi connectivity index (χ0) is 8.27. The predicted molar refractivity (Wildman–Crippen MR) is 45.1 cm³/mol. The number of halogens is 1. The van der Waals surface area contributed by atoms with Gasteiger partial charge >= 0.3 is 5.97 Å². The van der Waals surface area contributed by atoms with Gasteiger partial charge in [-0.2, -0.15) is 0 Å². The molecule has 0 radical (unpaired) electrons. The van der Waals surface area contributed by atoms with Crippen LogP contribution < -0.4 is 0 Å². The first-order valence-electron chi connectivity index (χ1n) is 2.86. The number of hydrogen-bond donors (Lipinski definition) is 1. The van der Waals surface area contributed by atoms with E-state index in [1.165, 1.54) is 12.1 Å². The maximum atomic E-state index is 10.4. The molecule has 0 saturated heterocycles. The van der Waals surface area contributed by atoms with Crippen LogP contribution in [0.5, 0.6) is 0 Å². The fourth-order valence-corrected chi connectivity index (χ4v) is 1.27. The van der Waals surface area contributed by atoms with Gasteiger partial charge in [0.1, 0.15) is 0 Å². The van der Waals surface area contributed by atoms with E-state index < -0.39 is 5.97 Å². The van der Waals surface area contributed by atoms with E-state index in [0.29, 0.717) is 0 Å². The molecule has 0 atom stereocenters. The van der Waals surface area contributed by atoms with Gasteiger partial charge in [0, 0.05) is 4.90 Å². The van der Waals surface area contributed by atoms with Crippen molar-refractivity contribution in [1.29, 1.82) is 0 Å². The molecule has 2 nitrogen and oxygen atoms in total. The first kappa shape index (κ1) is 8.43. The van der Waals surface area contributed by atoms with E-state index >= 15 is 0 Å². The Balaban J connectivity index is 3.01. The monoisotopic (exact) mass is 188 g/mol. The molecule has 0 fully saturated rings. The van der Waals surface area contributed by atoms with Gasteiger partial charge in [-0.15, -0.1) is 0 Å². The molecule has 0 bridgehead atoms. The third-order valence-electron chi connectivity index (χ3n) is 1.17. The summed E-state index contributed by atoms with van der Waals surface area (Å²) in [7, 11) is 6.44. The zero-order valence-corrected chi connectivity index (χ0v) is 7.02. The highest BCUT2D eigenvalue weighted by molar-refractivity contribution is 8.21. The van der Waals surface area contributed by atoms with Crippen molar-refractivity contribution in [3.8, 4) is 0 Å². The van der Waals surface area contributed by atoms with Gasteiger partial charge in [0.2, 0.25) is 0 Å².